The number of likely N-dealkylation sites (tertiary alicyclic amines) is 2. The number of hydrogen-bond acceptors (Lipinski definition) is 5. The summed E-state index contributed by atoms with van der Waals surface area (Å²) in [5, 5.41) is 10.5. The Morgan fingerprint density at radius 2 is 2.12 bits per heavy atom. The number of amides is 1. The van der Waals surface area contributed by atoms with Gasteiger partial charge in [0.25, 0.3) is 5.91 Å². The van der Waals surface area contributed by atoms with Gasteiger partial charge in [0.2, 0.25) is 0 Å². The second-order valence-electron chi connectivity index (χ2n) is 7.60. The van der Waals surface area contributed by atoms with Gasteiger partial charge in [0.05, 0.1) is 6.20 Å². The number of piperidine rings is 1. The lowest BCUT2D eigenvalue weighted by atomic mass is 9.98. The smallest absolute Gasteiger partial charge is 0.276 e. The minimum absolute atomic E-state index is 0.0344. The van der Waals surface area contributed by atoms with E-state index in [1.54, 1.807) is 0 Å². The molecule has 1 atom stereocenters. The Hall–Kier alpha value is -1.73. The van der Waals surface area contributed by atoms with Crippen molar-refractivity contribution in [1.29, 1.82) is 0 Å². The van der Waals surface area contributed by atoms with Crippen molar-refractivity contribution in [3.63, 3.8) is 0 Å². The predicted octanol–water partition coefficient (Wildman–Crippen LogP) is 2.80. The van der Waals surface area contributed by atoms with Crippen molar-refractivity contribution in [3.8, 4) is 0 Å². The summed E-state index contributed by atoms with van der Waals surface area (Å²) in [6, 6.07) is 2.20. The van der Waals surface area contributed by atoms with Crippen molar-refractivity contribution in [3.05, 3.63) is 33.8 Å². The van der Waals surface area contributed by atoms with Gasteiger partial charge in [0, 0.05) is 37.6 Å². The number of aromatic nitrogens is 3. The van der Waals surface area contributed by atoms with E-state index in [9.17, 15) is 4.79 Å². The first-order valence-corrected chi connectivity index (χ1v) is 10.5. The molecule has 4 heterocycles. The number of thiophene rings is 1. The van der Waals surface area contributed by atoms with Gasteiger partial charge >= 0.3 is 0 Å². The quantitative estimate of drug-likeness (QED) is 0.809. The summed E-state index contributed by atoms with van der Waals surface area (Å²) < 4.78 is 1.87. The van der Waals surface area contributed by atoms with Crippen molar-refractivity contribution in [1.82, 2.24) is 24.8 Å². The summed E-state index contributed by atoms with van der Waals surface area (Å²) >= 11 is 1.86. The molecule has 0 unspecified atom stereocenters. The van der Waals surface area contributed by atoms with E-state index in [4.69, 9.17) is 0 Å². The van der Waals surface area contributed by atoms with Crippen LogP contribution in [0.1, 0.15) is 46.6 Å². The molecule has 7 heteroatoms. The Morgan fingerprint density at radius 1 is 1.27 bits per heavy atom. The molecule has 2 aliphatic rings. The molecule has 0 bridgehead atoms. The fraction of sp³-hybridized carbons (Fsp3) is 0.632. The summed E-state index contributed by atoms with van der Waals surface area (Å²) in [4.78, 5) is 18.3. The Morgan fingerprint density at radius 3 is 2.88 bits per heavy atom. The van der Waals surface area contributed by atoms with E-state index in [0.717, 1.165) is 45.6 Å². The van der Waals surface area contributed by atoms with E-state index in [0.29, 0.717) is 11.6 Å². The molecule has 0 aromatic carbocycles. The summed E-state index contributed by atoms with van der Waals surface area (Å²) in [6.07, 6.45) is 6.48. The predicted molar refractivity (Wildman–Crippen MR) is 102 cm³/mol. The number of hydrogen-bond donors (Lipinski definition) is 0. The molecular weight excluding hydrogens is 346 g/mol. The van der Waals surface area contributed by atoms with Crippen LogP contribution >= 0.6 is 11.3 Å². The van der Waals surface area contributed by atoms with Crippen LogP contribution in [0, 0.1) is 12.8 Å². The van der Waals surface area contributed by atoms with Gasteiger partial charge < -0.3 is 4.90 Å². The molecule has 2 saturated heterocycles. The Labute approximate surface area is 158 Å². The Kier molecular flexibility index (Phi) is 5.36. The monoisotopic (exact) mass is 373 g/mol. The van der Waals surface area contributed by atoms with E-state index in [1.807, 2.05) is 27.1 Å². The van der Waals surface area contributed by atoms with Crippen LogP contribution in [0.15, 0.2) is 17.6 Å². The third-order valence-electron chi connectivity index (χ3n) is 5.53. The van der Waals surface area contributed by atoms with Crippen LogP contribution in [0.2, 0.25) is 0 Å². The minimum Gasteiger partial charge on any atom is -0.337 e. The molecule has 0 radical (unpaired) electrons. The normalized spacial score (nSPS) is 21.4. The van der Waals surface area contributed by atoms with Crippen molar-refractivity contribution in [2.75, 3.05) is 26.2 Å². The lowest BCUT2D eigenvalue weighted by molar-refractivity contribution is 0.0787. The van der Waals surface area contributed by atoms with Gasteiger partial charge in [-0.1, -0.05) is 5.21 Å². The molecular formula is C19H27N5OS. The average Bonchev–Trinajstić information content (AvgIpc) is 3.38. The van der Waals surface area contributed by atoms with Gasteiger partial charge in [-0.25, -0.2) is 0 Å². The second-order valence-corrected chi connectivity index (χ2v) is 8.60. The molecule has 6 nitrogen and oxygen atoms in total. The molecule has 1 amide bonds. The summed E-state index contributed by atoms with van der Waals surface area (Å²) in [7, 11) is 0. The maximum atomic E-state index is 12.4. The third kappa shape index (κ3) is 3.99. The number of rotatable bonds is 5. The Balaban J connectivity index is 1.33. The van der Waals surface area contributed by atoms with Crippen molar-refractivity contribution < 1.29 is 4.79 Å². The average molecular weight is 374 g/mol. The first-order valence-electron chi connectivity index (χ1n) is 9.64. The largest absolute Gasteiger partial charge is 0.337 e. The summed E-state index contributed by atoms with van der Waals surface area (Å²) in [5.41, 5.74) is 1.90. The fourth-order valence-electron chi connectivity index (χ4n) is 4.05. The van der Waals surface area contributed by atoms with Crippen LogP contribution in [-0.4, -0.2) is 56.9 Å². The standard InChI is InChI=1S/C19H27N5OS/c1-15-6-10-26-18(15)14-22-7-4-5-16(11-22)12-24-13-17(20-21-24)19(25)23-8-2-3-9-23/h6,10,13,16H,2-5,7-9,11-12,14H2,1H3/t16-/m1/s1. The molecule has 2 aliphatic heterocycles. The first kappa shape index (κ1) is 17.7. The number of aryl methyl sites for hydroxylation is 1. The van der Waals surface area contributed by atoms with Crippen molar-refractivity contribution in [2.24, 2.45) is 5.92 Å². The Bertz CT molecular complexity index is 749. The van der Waals surface area contributed by atoms with Crippen molar-refractivity contribution >= 4 is 17.2 Å². The zero-order valence-corrected chi connectivity index (χ0v) is 16.2. The highest BCUT2D eigenvalue weighted by Crippen LogP contribution is 2.23. The van der Waals surface area contributed by atoms with Gasteiger partial charge in [-0.05, 0) is 62.1 Å². The molecule has 0 spiro atoms. The topological polar surface area (TPSA) is 54.3 Å². The highest BCUT2D eigenvalue weighted by molar-refractivity contribution is 7.10. The molecule has 2 fully saturated rings. The molecule has 140 valence electrons. The maximum absolute atomic E-state index is 12.4. The van der Waals surface area contributed by atoms with Gasteiger partial charge in [-0.15, -0.1) is 16.4 Å². The number of carbonyl (C=O) groups excluding carboxylic acids is 1. The maximum Gasteiger partial charge on any atom is 0.276 e. The van der Waals surface area contributed by atoms with Gasteiger partial charge in [0.15, 0.2) is 5.69 Å². The summed E-state index contributed by atoms with van der Waals surface area (Å²) in [5.74, 6) is 0.604. The molecule has 0 saturated carbocycles. The number of carbonyl (C=O) groups is 1. The van der Waals surface area contributed by atoms with E-state index >= 15 is 0 Å². The van der Waals surface area contributed by atoms with Crippen molar-refractivity contribution in [2.45, 2.75) is 45.7 Å². The highest BCUT2D eigenvalue weighted by Gasteiger charge is 2.24. The SMILES string of the molecule is Cc1ccsc1CN1CCC[C@@H](Cn2cc(C(=O)N3CCCC3)nn2)C1. The molecule has 0 aliphatic carbocycles. The zero-order chi connectivity index (χ0) is 17.9. The van der Waals surface area contributed by atoms with Gasteiger partial charge in [0.1, 0.15) is 0 Å². The zero-order valence-electron chi connectivity index (χ0n) is 15.4. The second kappa shape index (κ2) is 7.88. The molecule has 2 aromatic rings. The van der Waals surface area contributed by atoms with Crippen LogP contribution in [0.25, 0.3) is 0 Å². The van der Waals surface area contributed by atoms with Gasteiger partial charge in [-0.3, -0.25) is 14.4 Å². The van der Waals surface area contributed by atoms with E-state index in [1.165, 1.54) is 29.8 Å². The lowest BCUT2D eigenvalue weighted by Gasteiger charge is -2.32. The lowest BCUT2D eigenvalue weighted by Crippen LogP contribution is -2.36. The van der Waals surface area contributed by atoms with E-state index in [2.05, 4.69) is 33.6 Å². The van der Waals surface area contributed by atoms with Crippen LogP contribution in [-0.2, 0) is 13.1 Å². The third-order valence-corrected chi connectivity index (χ3v) is 6.54. The van der Waals surface area contributed by atoms with Crippen LogP contribution < -0.4 is 0 Å². The minimum atomic E-state index is 0.0344. The van der Waals surface area contributed by atoms with E-state index in [-0.39, 0.29) is 5.91 Å². The van der Waals surface area contributed by atoms with Crippen LogP contribution in [0.5, 0.6) is 0 Å². The molecule has 4 rings (SSSR count). The van der Waals surface area contributed by atoms with Crippen LogP contribution in [0.3, 0.4) is 0 Å². The fourth-order valence-corrected chi connectivity index (χ4v) is 4.99. The highest BCUT2D eigenvalue weighted by atomic mass is 32.1. The number of nitrogens with zero attached hydrogens (tertiary/aromatic N) is 5. The van der Waals surface area contributed by atoms with E-state index < -0.39 is 0 Å². The first-order chi connectivity index (χ1) is 12.7. The summed E-state index contributed by atoms with van der Waals surface area (Å²) in [6.45, 7) is 8.06. The molecule has 2 aromatic heterocycles. The molecule has 0 N–H and O–H groups in total. The van der Waals surface area contributed by atoms with Crippen LogP contribution in [0.4, 0.5) is 0 Å². The van der Waals surface area contributed by atoms with Gasteiger partial charge in [-0.2, -0.15) is 0 Å². The molecule has 26 heavy (non-hydrogen) atoms.